The fourth-order valence-electron chi connectivity index (χ4n) is 17.4. The summed E-state index contributed by atoms with van der Waals surface area (Å²) in [6, 6.07) is 36.8. The molecule has 0 atom stereocenters. The molecule has 4 saturated heterocycles. The van der Waals surface area contributed by atoms with E-state index < -0.39 is 37.8 Å². The summed E-state index contributed by atoms with van der Waals surface area (Å²) in [6.07, 6.45) is 1.21. The third-order valence-corrected chi connectivity index (χ3v) is 19.8. The van der Waals surface area contributed by atoms with E-state index in [1.165, 1.54) is 185 Å². The average molecular weight is 1710 g/mol. The minimum atomic E-state index is -0.826. The van der Waals surface area contributed by atoms with Crippen molar-refractivity contribution < 1.29 is 0 Å². The molecule has 2 radical (unpaired) electrons. The zero-order valence-corrected chi connectivity index (χ0v) is 78.1. The Hall–Kier alpha value is -5.86. The summed E-state index contributed by atoms with van der Waals surface area (Å²) in [6.45, 7) is 78.1. The monoisotopic (exact) mass is 1710 g/mol. The van der Waals surface area contributed by atoms with Gasteiger partial charge in [0.1, 0.15) is 0 Å². The van der Waals surface area contributed by atoms with E-state index in [0.717, 1.165) is 79.0 Å². The van der Waals surface area contributed by atoms with Crippen molar-refractivity contribution in [2.24, 2.45) is 0 Å². The van der Waals surface area contributed by atoms with Crippen LogP contribution in [0.3, 0.4) is 0 Å². The summed E-state index contributed by atoms with van der Waals surface area (Å²) >= 11 is -1.65. The number of hydrogen-bond acceptors (Lipinski definition) is 8. The molecule has 0 spiro atoms. The Bertz CT molecular complexity index is 3400. The zero-order valence-electron chi connectivity index (χ0n) is 69.3. The van der Waals surface area contributed by atoms with Crippen molar-refractivity contribution in [1.82, 2.24) is 0 Å². The van der Waals surface area contributed by atoms with Gasteiger partial charge in [0, 0.05) is 113 Å². The van der Waals surface area contributed by atoms with Crippen LogP contribution in [0.5, 0.6) is 0 Å². The number of halogens is 4. The van der Waals surface area contributed by atoms with E-state index in [1.54, 1.807) is 0 Å². The van der Waals surface area contributed by atoms with Crippen LogP contribution in [0, 0.1) is 181 Å². The van der Waals surface area contributed by atoms with Gasteiger partial charge in [-0.15, -0.1) is 26.3 Å². The molecular formula is C91H128Cl4N8Sn2. The molecule has 568 valence electrons. The van der Waals surface area contributed by atoms with Crippen LogP contribution >= 0.6 is 35.7 Å². The molecule has 0 saturated carbocycles. The van der Waals surface area contributed by atoms with E-state index in [1.807, 2.05) is 0 Å². The third-order valence-electron chi connectivity index (χ3n) is 19.8. The summed E-state index contributed by atoms with van der Waals surface area (Å²) in [4.78, 5) is 20.3. The molecular weight excluding hydrogens is 1580 g/mol. The van der Waals surface area contributed by atoms with Crippen LogP contribution in [0.15, 0.2) is 123 Å². The molecule has 0 bridgehead atoms. The van der Waals surface area contributed by atoms with Gasteiger partial charge in [0.25, 0.3) is 0 Å². The number of benzene rings is 8. The molecule has 0 unspecified atom stereocenters. The molecule has 4 heterocycles. The van der Waals surface area contributed by atoms with Crippen molar-refractivity contribution in [3.63, 3.8) is 0 Å². The summed E-state index contributed by atoms with van der Waals surface area (Å²) in [5.41, 5.74) is 44.4. The summed E-state index contributed by atoms with van der Waals surface area (Å²) in [7, 11) is 19.7. The van der Waals surface area contributed by atoms with Gasteiger partial charge in [0.2, 0.25) is 0 Å². The van der Waals surface area contributed by atoms with E-state index in [-0.39, 0.29) is 14.9 Å². The van der Waals surface area contributed by atoms with Gasteiger partial charge in [-0.1, -0.05) is 142 Å². The Kier molecular flexibility index (Phi) is 39.1. The molecule has 12 rings (SSSR count). The van der Waals surface area contributed by atoms with Crippen molar-refractivity contribution in [3.05, 3.63) is 272 Å². The molecule has 105 heavy (non-hydrogen) atoms. The molecule has 4 aliphatic heterocycles. The Morgan fingerprint density at radius 2 is 0.286 bits per heavy atom. The van der Waals surface area contributed by atoms with Crippen molar-refractivity contribution in [2.75, 3.05) is 118 Å². The van der Waals surface area contributed by atoms with E-state index in [2.05, 4.69) is 329 Å². The summed E-state index contributed by atoms with van der Waals surface area (Å²) in [5, 5.41) is 0. The van der Waals surface area contributed by atoms with Crippen LogP contribution in [-0.4, -0.2) is 117 Å². The molecule has 0 amide bonds. The Morgan fingerprint density at radius 1 is 0.200 bits per heavy atom. The number of nitrogens with zero attached hydrogens (tertiary/aromatic N) is 8. The first-order valence-electron chi connectivity index (χ1n) is 36.3. The predicted octanol–water partition coefficient (Wildman–Crippen LogP) is 24.2. The number of hydrogen-bond donors (Lipinski definition) is 0. The van der Waals surface area contributed by atoms with Gasteiger partial charge in [-0.3, -0.25) is 0 Å². The number of anilines is 8. The molecule has 0 aliphatic carbocycles. The van der Waals surface area contributed by atoms with Crippen LogP contribution in [-0.2, 0) is 0 Å². The van der Waals surface area contributed by atoms with Gasteiger partial charge in [0.15, 0.2) is 0 Å². The molecule has 8 nitrogen and oxygen atoms in total. The SMILES string of the molecule is C=C.C=C.Cc1cc(C)c(N2CCCN(c3c(C)cc(C)cc3C)C2)c(C)c1.Cc1cc(C)c(N2CCN(c3c(C)cc(C)cc3C)C2)c(C)c1.Cc1cc(C)c(N2CCN(c3c(C)cc(C)cc3C)C2)c(C)c1.Cc1cc(C)c(N2CCN(c3c(C)cc(C)cc3C)C2)c(C)c1.[CH3+].[CH3+].[Cl][Sn-][Cl].[Cl][Sn-][Cl]. The third kappa shape index (κ3) is 24.8. The van der Waals surface area contributed by atoms with Crippen LogP contribution in [0.2, 0.25) is 0 Å². The van der Waals surface area contributed by atoms with Crippen LogP contribution in [0.25, 0.3) is 0 Å². The zero-order chi connectivity index (χ0) is 77.0. The first-order chi connectivity index (χ1) is 48.8. The fourth-order valence-corrected chi connectivity index (χ4v) is 17.4. The van der Waals surface area contributed by atoms with E-state index in [4.69, 9.17) is 35.7 Å². The molecule has 0 aromatic heterocycles. The first-order valence-corrected chi connectivity index (χ1v) is 50.8. The van der Waals surface area contributed by atoms with Crippen molar-refractivity contribution in [3.8, 4) is 0 Å². The second-order valence-electron chi connectivity index (χ2n) is 29.1. The Morgan fingerprint density at radius 3 is 0.381 bits per heavy atom. The van der Waals surface area contributed by atoms with E-state index in [9.17, 15) is 0 Å². The Labute approximate surface area is 675 Å². The molecule has 8 aromatic carbocycles. The van der Waals surface area contributed by atoms with Gasteiger partial charge < -0.3 is 39.2 Å². The summed E-state index contributed by atoms with van der Waals surface area (Å²) in [5.74, 6) is 0. The Balaban J connectivity index is 0.000000346. The van der Waals surface area contributed by atoms with Gasteiger partial charge in [-0.2, -0.15) is 0 Å². The quantitative estimate of drug-likeness (QED) is 0.0844. The van der Waals surface area contributed by atoms with Crippen molar-refractivity contribution >= 4 is 119 Å². The van der Waals surface area contributed by atoms with Gasteiger partial charge >= 0.3 is 73.5 Å². The molecule has 8 aromatic rings. The fraction of sp³-hybridized carbons (Fsp3) is 0.407. The molecule has 14 heteroatoms. The second-order valence-corrected chi connectivity index (χ2v) is 37.6. The van der Waals surface area contributed by atoms with Gasteiger partial charge in [0.05, 0.1) is 26.7 Å². The van der Waals surface area contributed by atoms with Gasteiger partial charge in [-0.05, 0) is 262 Å². The number of aryl methyl sites for hydroxylation is 24. The summed E-state index contributed by atoms with van der Waals surface area (Å²) < 4.78 is 0. The number of rotatable bonds is 8. The van der Waals surface area contributed by atoms with Crippen molar-refractivity contribution in [1.29, 1.82) is 0 Å². The first kappa shape index (κ1) is 93.3. The normalized spacial score (nSPS) is 13.5. The van der Waals surface area contributed by atoms with Crippen LogP contribution < -0.4 is 39.2 Å². The predicted molar refractivity (Wildman–Crippen MR) is 478 cm³/mol. The molecule has 4 fully saturated rings. The van der Waals surface area contributed by atoms with Crippen LogP contribution in [0.1, 0.15) is 140 Å². The van der Waals surface area contributed by atoms with Crippen molar-refractivity contribution in [2.45, 2.75) is 173 Å². The van der Waals surface area contributed by atoms with E-state index in [0.29, 0.717) is 0 Å². The topological polar surface area (TPSA) is 25.9 Å². The van der Waals surface area contributed by atoms with Crippen LogP contribution in [0.4, 0.5) is 45.5 Å². The average Bonchev–Trinajstić information content (AvgIpc) is 1.62. The minimum absolute atomic E-state index is 0. The van der Waals surface area contributed by atoms with Gasteiger partial charge in [-0.25, -0.2) is 0 Å². The maximum absolute atomic E-state index is 4.93. The molecule has 4 aliphatic rings. The maximum atomic E-state index is 4.93. The standard InChI is InChI=1S/C22H30N2.3C21H28N2.2C2H4.2CH3.4ClH.2Sn/c1-15-10-17(3)21(18(4)11-15)23-8-7-9-24(14-23)22-19(5)12-16(2)13-20(22)6;3*1-14-9-16(3)20(17(4)10-14)22-7-8-23(13-22)21-18(5)11-15(2)12-19(21)6;2*1-2;;;;;;;;/h10-13H,7-9,14H2,1-6H3;3*9-12H,7-8,13H2,1-6H3;2*1-2H2;2*1H3;4*1H;;/q;;;;;;2*+1;;;;;2*+1/p-4. The molecule has 0 N–H and O–H groups in total. The second kappa shape index (κ2) is 44.0. The van der Waals surface area contributed by atoms with E-state index >= 15 is 0 Å².